The van der Waals surface area contributed by atoms with Gasteiger partial charge in [-0.05, 0) is 0 Å². The third kappa shape index (κ3) is 1.30. The maximum Gasteiger partial charge on any atom is 0.357 e. The number of nitriles is 1. The van der Waals surface area contributed by atoms with Crippen LogP contribution in [0.5, 0.6) is 0 Å². The Morgan fingerprint density at radius 2 is 2.18 bits per heavy atom. The van der Waals surface area contributed by atoms with E-state index in [-0.39, 0.29) is 11.4 Å². The smallest absolute Gasteiger partial charge is 0.357 e. The first kappa shape index (κ1) is 7.15. The summed E-state index contributed by atoms with van der Waals surface area (Å²) in [4.78, 5) is 17.3. The van der Waals surface area contributed by atoms with Gasteiger partial charge in [-0.15, -0.1) is 0 Å². The number of aromatic nitrogens is 2. The van der Waals surface area contributed by atoms with Crippen molar-refractivity contribution in [2.45, 2.75) is 0 Å². The topological polar surface area (TPSA) is 86.9 Å². The van der Waals surface area contributed by atoms with Crippen molar-refractivity contribution in [2.75, 3.05) is 0 Å². The summed E-state index contributed by atoms with van der Waals surface area (Å²) in [5, 5.41) is 16.8. The van der Waals surface area contributed by atoms with Crippen LogP contribution in [-0.4, -0.2) is 21.0 Å². The number of hydrogen-bond acceptors (Lipinski definition) is 4. The lowest BCUT2D eigenvalue weighted by Gasteiger charge is -1.92. The number of carbonyl (C=O) groups is 1. The lowest BCUT2D eigenvalue weighted by Crippen LogP contribution is -2.04. The van der Waals surface area contributed by atoms with Gasteiger partial charge >= 0.3 is 5.97 Å². The SMILES string of the molecule is N#Cc1nccnc1C(=O)O. The molecule has 0 aliphatic rings. The van der Waals surface area contributed by atoms with E-state index >= 15 is 0 Å². The number of nitrogens with zero attached hydrogens (tertiary/aromatic N) is 3. The molecule has 0 spiro atoms. The molecule has 1 aromatic rings. The van der Waals surface area contributed by atoms with Crippen molar-refractivity contribution in [1.82, 2.24) is 9.97 Å². The van der Waals surface area contributed by atoms with Crippen molar-refractivity contribution < 1.29 is 9.90 Å². The van der Waals surface area contributed by atoms with Gasteiger partial charge in [0.25, 0.3) is 0 Å². The Morgan fingerprint density at radius 3 is 2.64 bits per heavy atom. The predicted octanol–water partition coefficient (Wildman–Crippen LogP) is 0.0465. The molecule has 1 aromatic heterocycles. The molecule has 0 radical (unpaired) electrons. The Bertz CT molecular complexity index is 329. The number of aromatic carboxylic acids is 1. The van der Waals surface area contributed by atoms with Gasteiger partial charge in [0.05, 0.1) is 0 Å². The monoisotopic (exact) mass is 149 g/mol. The minimum absolute atomic E-state index is 0.167. The molecule has 1 heterocycles. The van der Waals surface area contributed by atoms with E-state index in [0.717, 1.165) is 0 Å². The molecule has 0 aliphatic heterocycles. The second-order valence-corrected chi connectivity index (χ2v) is 1.67. The van der Waals surface area contributed by atoms with Crippen LogP contribution in [0.4, 0.5) is 0 Å². The molecule has 1 N–H and O–H groups in total. The van der Waals surface area contributed by atoms with E-state index in [1.807, 2.05) is 0 Å². The zero-order valence-electron chi connectivity index (χ0n) is 5.35. The molecule has 0 saturated heterocycles. The lowest BCUT2D eigenvalue weighted by molar-refractivity contribution is 0.0689. The molecule has 0 aromatic carbocycles. The summed E-state index contributed by atoms with van der Waals surface area (Å²) in [7, 11) is 0. The van der Waals surface area contributed by atoms with Gasteiger partial charge in [0, 0.05) is 12.4 Å². The standard InChI is InChI=1S/C6H3N3O2/c7-3-4-5(6(10)11)9-2-1-8-4/h1-2H,(H,10,11). The molecular formula is C6H3N3O2. The maximum absolute atomic E-state index is 10.3. The first-order valence-electron chi connectivity index (χ1n) is 2.70. The highest BCUT2D eigenvalue weighted by molar-refractivity contribution is 5.87. The van der Waals surface area contributed by atoms with Crippen molar-refractivity contribution in [3.63, 3.8) is 0 Å². The number of rotatable bonds is 1. The van der Waals surface area contributed by atoms with E-state index in [4.69, 9.17) is 10.4 Å². The Labute approximate surface area is 61.9 Å². The fourth-order valence-corrected chi connectivity index (χ4v) is 0.576. The summed E-state index contributed by atoms with van der Waals surface area (Å²) in [5.41, 5.74) is -0.477. The summed E-state index contributed by atoms with van der Waals surface area (Å²) >= 11 is 0. The van der Waals surface area contributed by atoms with Gasteiger partial charge in [-0.2, -0.15) is 5.26 Å². The predicted molar refractivity (Wildman–Crippen MR) is 33.7 cm³/mol. The van der Waals surface area contributed by atoms with Gasteiger partial charge in [-0.1, -0.05) is 0 Å². The van der Waals surface area contributed by atoms with Crippen LogP contribution in [0.2, 0.25) is 0 Å². The van der Waals surface area contributed by atoms with Crippen LogP contribution < -0.4 is 0 Å². The Kier molecular flexibility index (Phi) is 1.79. The fraction of sp³-hybridized carbons (Fsp3) is 0. The molecule has 0 aliphatic carbocycles. The largest absolute Gasteiger partial charge is 0.476 e. The van der Waals surface area contributed by atoms with Crippen molar-refractivity contribution in [2.24, 2.45) is 0 Å². The molecule has 5 nitrogen and oxygen atoms in total. The highest BCUT2D eigenvalue weighted by Gasteiger charge is 2.10. The van der Waals surface area contributed by atoms with E-state index < -0.39 is 5.97 Å². The zero-order valence-corrected chi connectivity index (χ0v) is 5.35. The number of carboxylic acid groups (broad SMARTS) is 1. The summed E-state index contributed by atoms with van der Waals surface area (Å²) in [6.07, 6.45) is 2.50. The summed E-state index contributed by atoms with van der Waals surface area (Å²) in [6.45, 7) is 0. The van der Waals surface area contributed by atoms with Gasteiger partial charge in [-0.3, -0.25) is 0 Å². The molecule has 1 rings (SSSR count). The molecular weight excluding hydrogens is 146 g/mol. The molecule has 0 fully saturated rings. The molecule has 11 heavy (non-hydrogen) atoms. The van der Waals surface area contributed by atoms with Gasteiger partial charge in [0.2, 0.25) is 0 Å². The van der Waals surface area contributed by atoms with Crippen LogP contribution in [-0.2, 0) is 0 Å². The second kappa shape index (κ2) is 2.75. The fourth-order valence-electron chi connectivity index (χ4n) is 0.576. The van der Waals surface area contributed by atoms with Crippen molar-refractivity contribution in [3.05, 3.63) is 23.8 Å². The van der Waals surface area contributed by atoms with Crippen LogP contribution in [0.15, 0.2) is 12.4 Å². The van der Waals surface area contributed by atoms with E-state index in [9.17, 15) is 4.79 Å². The normalized spacial score (nSPS) is 8.64. The average Bonchev–Trinajstić information content (AvgIpc) is 2.04. The second-order valence-electron chi connectivity index (χ2n) is 1.67. The number of hydrogen-bond donors (Lipinski definition) is 1. The molecule has 5 heteroatoms. The van der Waals surface area contributed by atoms with Crippen molar-refractivity contribution >= 4 is 5.97 Å². The van der Waals surface area contributed by atoms with Crippen LogP contribution in [0, 0.1) is 11.3 Å². The molecule has 54 valence electrons. The van der Waals surface area contributed by atoms with Gasteiger partial charge in [-0.25, -0.2) is 14.8 Å². The highest BCUT2D eigenvalue weighted by atomic mass is 16.4. The molecule has 0 amide bonds. The molecule has 0 atom stereocenters. The van der Waals surface area contributed by atoms with Gasteiger partial charge in [0.15, 0.2) is 11.4 Å². The zero-order chi connectivity index (χ0) is 8.27. The Balaban J connectivity index is 3.26. The third-order valence-corrected chi connectivity index (χ3v) is 1.01. The Hall–Kier alpha value is -1.96. The van der Waals surface area contributed by atoms with E-state index in [0.29, 0.717) is 0 Å². The van der Waals surface area contributed by atoms with E-state index in [1.165, 1.54) is 12.4 Å². The molecule has 0 bridgehead atoms. The third-order valence-electron chi connectivity index (χ3n) is 1.01. The minimum atomic E-state index is -1.24. The van der Waals surface area contributed by atoms with Crippen molar-refractivity contribution in [1.29, 1.82) is 5.26 Å². The summed E-state index contributed by atoms with van der Waals surface area (Å²) < 4.78 is 0. The highest BCUT2D eigenvalue weighted by Crippen LogP contribution is 1.97. The molecule has 0 saturated carbocycles. The van der Waals surface area contributed by atoms with Crippen LogP contribution >= 0.6 is 0 Å². The average molecular weight is 149 g/mol. The van der Waals surface area contributed by atoms with Crippen LogP contribution in [0.1, 0.15) is 16.2 Å². The van der Waals surface area contributed by atoms with Crippen molar-refractivity contribution in [3.8, 4) is 6.07 Å². The van der Waals surface area contributed by atoms with E-state index in [1.54, 1.807) is 6.07 Å². The maximum atomic E-state index is 10.3. The quantitative estimate of drug-likeness (QED) is 0.609. The molecule has 0 unspecified atom stereocenters. The van der Waals surface area contributed by atoms with Crippen LogP contribution in [0.3, 0.4) is 0 Å². The Morgan fingerprint density at radius 1 is 1.55 bits per heavy atom. The minimum Gasteiger partial charge on any atom is -0.476 e. The summed E-state index contributed by atoms with van der Waals surface area (Å²) in [5.74, 6) is -1.24. The number of carboxylic acids is 1. The van der Waals surface area contributed by atoms with Gasteiger partial charge < -0.3 is 5.11 Å². The van der Waals surface area contributed by atoms with Crippen LogP contribution in [0.25, 0.3) is 0 Å². The lowest BCUT2D eigenvalue weighted by atomic mass is 10.3. The van der Waals surface area contributed by atoms with Gasteiger partial charge in [0.1, 0.15) is 6.07 Å². The first-order valence-corrected chi connectivity index (χ1v) is 2.70. The van der Waals surface area contributed by atoms with E-state index in [2.05, 4.69) is 9.97 Å². The first-order chi connectivity index (χ1) is 5.25. The summed E-state index contributed by atoms with van der Waals surface area (Å²) in [6, 6.07) is 1.62.